The Labute approximate surface area is 105 Å². The van der Waals surface area contributed by atoms with Gasteiger partial charge in [0.2, 0.25) is 0 Å². The molecule has 0 spiro atoms. The summed E-state index contributed by atoms with van der Waals surface area (Å²) in [5.74, 6) is -0.0000574. The van der Waals surface area contributed by atoms with E-state index in [1.165, 1.54) is 12.4 Å². The van der Waals surface area contributed by atoms with Crippen molar-refractivity contribution in [3.63, 3.8) is 0 Å². The van der Waals surface area contributed by atoms with Gasteiger partial charge in [0.1, 0.15) is 5.78 Å². The Kier molecular flexibility index (Phi) is 3.43. The van der Waals surface area contributed by atoms with Crippen LogP contribution in [0.5, 0.6) is 0 Å². The summed E-state index contributed by atoms with van der Waals surface area (Å²) in [6.07, 6.45) is 3.42. The average Bonchev–Trinajstić information content (AvgIpc) is 2.32. The molecule has 0 radical (unpaired) electrons. The van der Waals surface area contributed by atoms with Crippen LogP contribution in [0.25, 0.3) is 0 Å². The van der Waals surface area contributed by atoms with Crippen LogP contribution in [0.3, 0.4) is 0 Å². The van der Waals surface area contributed by atoms with E-state index in [4.69, 9.17) is 11.6 Å². The van der Waals surface area contributed by atoms with E-state index in [2.05, 4.69) is 4.98 Å². The first-order chi connectivity index (χ1) is 8.09. The highest BCUT2D eigenvalue weighted by Crippen LogP contribution is 2.19. The van der Waals surface area contributed by atoms with Crippen molar-refractivity contribution in [1.29, 1.82) is 0 Å². The monoisotopic (exact) mass is 252 g/mol. The molecule has 1 saturated heterocycles. The second kappa shape index (κ2) is 4.84. The Morgan fingerprint density at radius 1 is 1.59 bits per heavy atom. The van der Waals surface area contributed by atoms with Crippen LogP contribution in [0.1, 0.15) is 23.7 Å². The maximum absolute atomic E-state index is 12.2. The van der Waals surface area contributed by atoms with Crippen molar-refractivity contribution in [3.8, 4) is 0 Å². The summed E-state index contributed by atoms with van der Waals surface area (Å²) in [5, 5.41) is 0.349. The van der Waals surface area contributed by atoms with Crippen LogP contribution in [0.15, 0.2) is 18.5 Å². The Hall–Kier alpha value is -1.42. The molecule has 0 aromatic carbocycles. The number of aromatic nitrogens is 1. The van der Waals surface area contributed by atoms with E-state index >= 15 is 0 Å². The van der Waals surface area contributed by atoms with E-state index in [1.807, 2.05) is 6.92 Å². The normalized spacial score (nSPS) is 20.5. The van der Waals surface area contributed by atoms with Gasteiger partial charge in [0.25, 0.3) is 5.91 Å². The summed E-state index contributed by atoms with van der Waals surface area (Å²) in [4.78, 5) is 29.1. The minimum atomic E-state index is -0.128. The lowest BCUT2D eigenvalue weighted by atomic mass is 9.98. The molecule has 1 aromatic heterocycles. The van der Waals surface area contributed by atoms with Crippen LogP contribution in [-0.4, -0.2) is 34.7 Å². The Morgan fingerprint density at radius 2 is 2.35 bits per heavy atom. The summed E-state index contributed by atoms with van der Waals surface area (Å²) >= 11 is 5.93. The molecular weight excluding hydrogens is 240 g/mol. The topological polar surface area (TPSA) is 50.3 Å². The number of carbonyl (C=O) groups excluding carboxylic acids is 2. The summed E-state index contributed by atoms with van der Waals surface area (Å²) in [7, 11) is 0. The van der Waals surface area contributed by atoms with Crippen molar-refractivity contribution >= 4 is 23.3 Å². The predicted octanol–water partition coefficient (Wildman–Crippen LogP) is 1.79. The molecule has 1 atom stereocenters. The van der Waals surface area contributed by atoms with Crippen LogP contribution in [0, 0.1) is 5.92 Å². The SMILES string of the molecule is CC1CN(C(=O)c2ccncc2Cl)CCC1=O. The number of pyridine rings is 1. The molecule has 0 bridgehead atoms. The zero-order valence-corrected chi connectivity index (χ0v) is 10.3. The van der Waals surface area contributed by atoms with Gasteiger partial charge in [0.05, 0.1) is 10.6 Å². The highest BCUT2D eigenvalue weighted by molar-refractivity contribution is 6.33. The number of hydrogen-bond acceptors (Lipinski definition) is 3. The van der Waals surface area contributed by atoms with Crippen LogP contribution < -0.4 is 0 Å². The number of hydrogen-bond donors (Lipinski definition) is 0. The van der Waals surface area contributed by atoms with Crippen LogP contribution in [0.4, 0.5) is 0 Å². The van der Waals surface area contributed by atoms with Crippen molar-refractivity contribution in [2.24, 2.45) is 5.92 Å². The number of likely N-dealkylation sites (tertiary alicyclic amines) is 1. The largest absolute Gasteiger partial charge is 0.337 e. The van der Waals surface area contributed by atoms with Crippen molar-refractivity contribution in [3.05, 3.63) is 29.0 Å². The van der Waals surface area contributed by atoms with E-state index in [1.54, 1.807) is 11.0 Å². The number of Topliss-reactive ketones (excluding diaryl/α,β-unsaturated/α-hetero) is 1. The van der Waals surface area contributed by atoms with Gasteiger partial charge in [0, 0.05) is 37.8 Å². The Morgan fingerprint density at radius 3 is 3.00 bits per heavy atom. The molecule has 17 heavy (non-hydrogen) atoms. The van der Waals surface area contributed by atoms with Crippen molar-refractivity contribution in [2.45, 2.75) is 13.3 Å². The fourth-order valence-electron chi connectivity index (χ4n) is 1.92. The number of carbonyl (C=O) groups is 2. The van der Waals surface area contributed by atoms with Crippen LogP contribution in [0.2, 0.25) is 5.02 Å². The maximum Gasteiger partial charge on any atom is 0.255 e. The van der Waals surface area contributed by atoms with E-state index in [0.29, 0.717) is 30.1 Å². The first-order valence-corrected chi connectivity index (χ1v) is 5.89. The highest BCUT2D eigenvalue weighted by Gasteiger charge is 2.27. The van der Waals surface area contributed by atoms with Gasteiger partial charge in [-0.1, -0.05) is 18.5 Å². The fourth-order valence-corrected chi connectivity index (χ4v) is 2.12. The molecule has 4 nitrogen and oxygen atoms in total. The zero-order valence-electron chi connectivity index (χ0n) is 9.52. The Balaban J connectivity index is 2.16. The molecule has 1 aromatic rings. The number of amides is 1. The summed E-state index contributed by atoms with van der Waals surface area (Å²) in [5.41, 5.74) is 0.447. The predicted molar refractivity (Wildman–Crippen MR) is 63.9 cm³/mol. The van der Waals surface area contributed by atoms with Crippen LogP contribution >= 0.6 is 11.6 Å². The van der Waals surface area contributed by atoms with Crippen LogP contribution in [-0.2, 0) is 4.79 Å². The van der Waals surface area contributed by atoms with E-state index in [-0.39, 0.29) is 17.6 Å². The fraction of sp³-hybridized carbons (Fsp3) is 0.417. The molecule has 1 aliphatic heterocycles. The first kappa shape index (κ1) is 12.0. The highest BCUT2D eigenvalue weighted by atomic mass is 35.5. The molecule has 0 N–H and O–H groups in total. The van der Waals surface area contributed by atoms with Crippen molar-refractivity contribution in [2.75, 3.05) is 13.1 Å². The first-order valence-electron chi connectivity index (χ1n) is 5.51. The third kappa shape index (κ3) is 2.47. The van der Waals surface area contributed by atoms with Gasteiger partial charge < -0.3 is 4.90 Å². The zero-order chi connectivity index (χ0) is 12.4. The van der Waals surface area contributed by atoms with E-state index in [0.717, 1.165) is 0 Å². The lowest BCUT2D eigenvalue weighted by Crippen LogP contribution is -2.43. The third-order valence-corrected chi connectivity index (χ3v) is 3.26. The van der Waals surface area contributed by atoms with Gasteiger partial charge in [0.15, 0.2) is 0 Å². The van der Waals surface area contributed by atoms with Gasteiger partial charge >= 0.3 is 0 Å². The quantitative estimate of drug-likeness (QED) is 0.766. The molecular formula is C12H13ClN2O2. The molecule has 2 rings (SSSR count). The van der Waals surface area contributed by atoms with E-state index in [9.17, 15) is 9.59 Å². The summed E-state index contributed by atoms with van der Waals surface area (Å²) in [6.45, 7) is 2.78. The second-order valence-electron chi connectivity index (χ2n) is 4.22. The van der Waals surface area contributed by atoms with E-state index < -0.39 is 0 Å². The molecule has 1 amide bonds. The van der Waals surface area contributed by atoms with Gasteiger partial charge in [-0.3, -0.25) is 14.6 Å². The lowest BCUT2D eigenvalue weighted by molar-refractivity contribution is -0.124. The molecule has 0 saturated carbocycles. The molecule has 1 fully saturated rings. The molecule has 5 heteroatoms. The van der Waals surface area contributed by atoms with Gasteiger partial charge in [-0.05, 0) is 6.07 Å². The number of piperidine rings is 1. The number of halogens is 1. The minimum absolute atomic E-state index is 0.0895. The third-order valence-electron chi connectivity index (χ3n) is 2.96. The average molecular weight is 253 g/mol. The van der Waals surface area contributed by atoms with Gasteiger partial charge in [-0.25, -0.2) is 0 Å². The van der Waals surface area contributed by atoms with Gasteiger partial charge in [-0.2, -0.15) is 0 Å². The molecule has 0 aliphatic carbocycles. The molecule has 1 unspecified atom stereocenters. The summed E-state index contributed by atoms with van der Waals surface area (Å²) in [6, 6.07) is 1.60. The lowest BCUT2D eigenvalue weighted by Gasteiger charge is -2.30. The number of nitrogens with zero attached hydrogens (tertiary/aromatic N) is 2. The second-order valence-corrected chi connectivity index (χ2v) is 4.63. The maximum atomic E-state index is 12.2. The standard InChI is InChI=1S/C12H13ClN2O2/c1-8-7-15(5-3-11(8)16)12(17)9-2-4-14-6-10(9)13/h2,4,6,8H,3,5,7H2,1H3. The van der Waals surface area contributed by atoms with Crippen molar-refractivity contribution < 1.29 is 9.59 Å². The van der Waals surface area contributed by atoms with Gasteiger partial charge in [-0.15, -0.1) is 0 Å². The molecule has 1 aliphatic rings. The number of ketones is 1. The smallest absolute Gasteiger partial charge is 0.255 e. The summed E-state index contributed by atoms with van der Waals surface area (Å²) < 4.78 is 0. The number of rotatable bonds is 1. The Bertz CT molecular complexity index is 462. The molecule has 90 valence electrons. The minimum Gasteiger partial charge on any atom is -0.337 e. The molecule has 2 heterocycles. The van der Waals surface area contributed by atoms with Crippen molar-refractivity contribution in [1.82, 2.24) is 9.88 Å².